The van der Waals surface area contributed by atoms with Gasteiger partial charge in [0.2, 0.25) is 5.89 Å². The Balaban J connectivity index is 1.85. The standard InChI is InChI=1S/C10H18N4O/c1-10(2,3)12-9-14-13-8(15-9)6-11-7-4-5-7/h7,11H,4-6H2,1-3H3,(H,12,14). The molecule has 2 rings (SSSR count). The summed E-state index contributed by atoms with van der Waals surface area (Å²) in [5.74, 6) is 0.647. The average molecular weight is 210 g/mol. The fourth-order valence-electron chi connectivity index (χ4n) is 1.22. The van der Waals surface area contributed by atoms with Crippen LogP contribution in [-0.4, -0.2) is 21.8 Å². The quantitative estimate of drug-likeness (QED) is 0.789. The molecule has 1 saturated carbocycles. The molecule has 0 amide bonds. The van der Waals surface area contributed by atoms with Crippen LogP contribution in [0.25, 0.3) is 0 Å². The van der Waals surface area contributed by atoms with Gasteiger partial charge in [-0.1, -0.05) is 5.10 Å². The van der Waals surface area contributed by atoms with E-state index in [1.165, 1.54) is 12.8 Å². The summed E-state index contributed by atoms with van der Waals surface area (Å²) in [6.45, 7) is 6.83. The second kappa shape index (κ2) is 3.81. The van der Waals surface area contributed by atoms with Gasteiger partial charge in [0.05, 0.1) is 6.54 Å². The summed E-state index contributed by atoms with van der Waals surface area (Å²) in [5.41, 5.74) is -0.0479. The van der Waals surface area contributed by atoms with Gasteiger partial charge >= 0.3 is 6.01 Å². The Hall–Kier alpha value is -1.10. The number of nitrogens with zero attached hydrogens (tertiary/aromatic N) is 2. The van der Waals surface area contributed by atoms with Crippen LogP contribution in [-0.2, 0) is 6.54 Å². The van der Waals surface area contributed by atoms with Crippen LogP contribution in [0.1, 0.15) is 39.5 Å². The molecular weight excluding hydrogens is 192 g/mol. The molecule has 0 aliphatic heterocycles. The van der Waals surface area contributed by atoms with E-state index in [4.69, 9.17) is 4.42 Å². The first-order valence-electron chi connectivity index (χ1n) is 5.37. The first-order valence-corrected chi connectivity index (χ1v) is 5.37. The molecule has 5 nitrogen and oxygen atoms in total. The van der Waals surface area contributed by atoms with Crippen LogP contribution >= 0.6 is 0 Å². The molecule has 0 radical (unpaired) electrons. The Morgan fingerprint density at radius 2 is 2.07 bits per heavy atom. The predicted molar refractivity (Wildman–Crippen MR) is 57.5 cm³/mol. The molecule has 2 N–H and O–H groups in total. The molecule has 1 heterocycles. The molecule has 1 fully saturated rings. The van der Waals surface area contributed by atoms with Gasteiger partial charge in [0.1, 0.15) is 0 Å². The molecule has 5 heteroatoms. The lowest BCUT2D eigenvalue weighted by molar-refractivity contribution is 0.463. The Morgan fingerprint density at radius 1 is 1.33 bits per heavy atom. The summed E-state index contributed by atoms with van der Waals surface area (Å²) in [5, 5.41) is 14.4. The van der Waals surface area contributed by atoms with Gasteiger partial charge in [-0.15, -0.1) is 5.10 Å². The number of anilines is 1. The predicted octanol–water partition coefficient (Wildman–Crippen LogP) is 1.53. The topological polar surface area (TPSA) is 63.0 Å². The van der Waals surface area contributed by atoms with Crippen LogP contribution in [0.15, 0.2) is 4.42 Å². The number of nitrogens with one attached hydrogen (secondary N) is 2. The van der Waals surface area contributed by atoms with Gasteiger partial charge in [-0.25, -0.2) is 0 Å². The molecular formula is C10H18N4O. The molecule has 0 saturated heterocycles. The monoisotopic (exact) mass is 210 g/mol. The van der Waals surface area contributed by atoms with E-state index in [-0.39, 0.29) is 5.54 Å². The minimum atomic E-state index is -0.0479. The van der Waals surface area contributed by atoms with Crippen LogP contribution in [0.5, 0.6) is 0 Å². The first kappa shape index (κ1) is 10.4. The Kier molecular flexibility index (Phi) is 2.65. The van der Waals surface area contributed by atoms with E-state index in [0.29, 0.717) is 24.5 Å². The van der Waals surface area contributed by atoms with Crippen molar-refractivity contribution in [1.29, 1.82) is 0 Å². The van der Waals surface area contributed by atoms with Crippen molar-refractivity contribution >= 4 is 6.01 Å². The van der Waals surface area contributed by atoms with Crippen molar-refractivity contribution in [3.8, 4) is 0 Å². The molecule has 0 bridgehead atoms. The summed E-state index contributed by atoms with van der Waals surface area (Å²) < 4.78 is 5.44. The lowest BCUT2D eigenvalue weighted by Gasteiger charge is -2.17. The summed E-state index contributed by atoms with van der Waals surface area (Å²) in [4.78, 5) is 0. The maximum Gasteiger partial charge on any atom is 0.315 e. The third-order valence-corrected chi connectivity index (χ3v) is 2.07. The molecule has 1 aliphatic rings. The zero-order chi connectivity index (χ0) is 10.9. The van der Waals surface area contributed by atoms with Gasteiger partial charge in [0.25, 0.3) is 0 Å². The highest BCUT2D eigenvalue weighted by Gasteiger charge is 2.21. The maximum atomic E-state index is 5.44. The molecule has 1 aromatic heterocycles. The van der Waals surface area contributed by atoms with E-state index in [1.807, 2.05) is 0 Å². The highest BCUT2D eigenvalue weighted by Crippen LogP contribution is 2.19. The zero-order valence-corrected chi connectivity index (χ0v) is 9.50. The van der Waals surface area contributed by atoms with Crippen molar-refractivity contribution in [1.82, 2.24) is 15.5 Å². The Labute approximate surface area is 89.6 Å². The van der Waals surface area contributed by atoms with Crippen LogP contribution in [0, 0.1) is 0 Å². The van der Waals surface area contributed by atoms with Crippen LogP contribution in [0.2, 0.25) is 0 Å². The number of hydrogen-bond acceptors (Lipinski definition) is 5. The van der Waals surface area contributed by atoms with Crippen molar-refractivity contribution in [2.45, 2.75) is 51.7 Å². The van der Waals surface area contributed by atoms with E-state index in [9.17, 15) is 0 Å². The van der Waals surface area contributed by atoms with E-state index in [1.54, 1.807) is 0 Å². The molecule has 0 atom stereocenters. The van der Waals surface area contributed by atoms with Crippen molar-refractivity contribution in [2.24, 2.45) is 0 Å². The number of aromatic nitrogens is 2. The van der Waals surface area contributed by atoms with E-state index in [0.717, 1.165) is 0 Å². The summed E-state index contributed by atoms with van der Waals surface area (Å²) in [7, 11) is 0. The molecule has 1 aliphatic carbocycles. The molecule has 1 aromatic rings. The van der Waals surface area contributed by atoms with Crippen molar-refractivity contribution in [2.75, 3.05) is 5.32 Å². The normalized spacial score (nSPS) is 16.7. The summed E-state index contributed by atoms with van der Waals surface area (Å²) in [6.07, 6.45) is 2.53. The van der Waals surface area contributed by atoms with Gasteiger partial charge < -0.3 is 15.1 Å². The van der Waals surface area contributed by atoms with Gasteiger partial charge in [0, 0.05) is 11.6 Å². The summed E-state index contributed by atoms with van der Waals surface area (Å²) >= 11 is 0. The van der Waals surface area contributed by atoms with E-state index in [2.05, 4.69) is 41.6 Å². The lowest BCUT2D eigenvalue weighted by atomic mass is 10.1. The highest BCUT2D eigenvalue weighted by molar-refractivity contribution is 5.21. The van der Waals surface area contributed by atoms with Crippen LogP contribution in [0.3, 0.4) is 0 Å². The van der Waals surface area contributed by atoms with Crippen LogP contribution < -0.4 is 10.6 Å². The minimum Gasteiger partial charge on any atom is -0.407 e. The van der Waals surface area contributed by atoms with Crippen molar-refractivity contribution in [3.05, 3.63) is 5.89 Å². The van der Waals surface area contributed by atoms with Gasteiger partial charge in [-0.3, -0.25) is 0 Å². The number of rotatable bonds is 4. The zero-order valence-electron chi connectivity index (χ0n) is 9.50. The average Bonchev–Trinajstić information content (AvgIpc) is 2.83. The third-order valence-electron chi connectivity index (χ3n) is 2.07. The second-order valence-electron chi connectivity index (χ2n) is 5.03. The first-order chi connectivity index (χ1) is 7.03. The molecule has 0 unspecified atom stereocenters. The fourth-order valence-corrected chi connectivity index (χ4v) is 1.22. The highest BCUT2D eigenvalue weighted by atomic mass is 16.4. The van der Waals surface area contributed by atoms with E-state index < -0.39 is 0 Å². The molecule has 0 spiro atoms. The fraction of sp³-hybridized carbons (Fsp3) is 0.800. The second-order valence-corrected chi connectivity index (χ2v) is 5.03. The number of hydrogen-bond donors (Lipinski definition) is 2. The van der Waals surface area contributed by atoms with E-state index >= 15 is 0 Å². The summed E-state index contributed by atoms with van der Waals surface area (Å²) in [6, 6.07) is 1.16. The van der Waals surface area contributed by atoms with Crippen molar-refractivity contribution < 1.29 is 4.42 Å². The van der Waals surface area contributed by atoms with Gasteiger partial charge in [-0.05, 0) is 33.6 Å². The Morgan fingerprint density at radius 3 is 2.67 bits per heavy atom. The molecule has 0 aromatic carbocycles. The SMILES string of the molecule is CC(C)(C)Nc1nnc(CNC2CC2)o1. The molecule has 15 heavy (non-hydrogen) atoms. The smallest absolute Gasteiger partial charge is 0.315 e. The Bertz CT molecular complexity index is 324. The van der Waals surface area contributed by atoms with Gasteiger partial charge in [-0.2, -0.15) is 0 Å². The largest absolute Gasteiger partial charge is 0.407 e. The van der Waals surface area contributed by atoms with Crippen molar-refractivity contribution in [3.63, 3.8) is 0 Å². The van der Waals surface area contributed by atoms with Gasteiger partial charge in [0.15, 0.2) is 0 Å². The minimum absolute atomic E-state index is 0.0479. The maximum absolute atomic E-state index is 5.44. The molecule has 84 valence electrons. The van der Waals surface area contributed by atoms with Crippen LogP contribution in [0.4, 0.5) is 6.01 Å². The lowest BCUT2D eigenvalue weighted by Crippen LogP contribution is -2.26. The third kappa shape index (κ3) is 3.51.